The molecule has 124 valence electrons. The molecule has 0 spiro atoms. The number of para-hydroxylation sites is 1. The highest BCUT2D eigenvalue weighted by molar-refractivity contribution is 6.07. The standard InChI is InChI=1S/C20H22N2O2/c1-14(20(24)15-7-3-2-4-8-15)21-12-11-19(23)17-13-22-18-10-6-5-9-16(17)18/h2-10,13-14,20-22,24H,11-12H2,1H3. The van der Waals surface area contributed by atoms with Gasteiger partial charge in [0, 0.05) is 41.7 Å². The van der Waals surface area contributed by atoms with E-state index in [4.69, 9.17) is 0 Å². The van der Waals surface area contributed by atoms with Gasteiger partial charge in [-0.1, -0.05) is 48.5 Å². The number of aliphatic hydroxyl groups is 1. The molecule has 2 unspecified atom stereocenters. The van der Waals surface area contributed by atoms with Crippen LogP contribution in [0.5, 0.6) is 0 Å². The first-order valence-corrected chi connectivity index (χ1v) is 8.22. The van der Waals surface area contributed by atoms with Crippen LogP contribution in [0.25, 0.3) is 10.9 Å². The van der Waals surface area contributed by atoms with Crippen molar-refractivity contribution in [1.82, 2.24) is 10.3 Å². The number of Topliss-reactive ketones (excluding diaryl/α,β-unsaturated/α-hetero) is 1. The first-order chi connectivity index (χ1) is 11.7. The molecule has 0 bridgehead atoms. The quantitative estimate of drug-likeness (QED) is 0.584. The predicted molar refractivity (Wildman–Crippen MR) is 96.1 cm³/mol. The van der Waals surface area contributed by atoms with Crippen molar-refractivity contribution >= 4 is 16.7 Å². The zero-order chi connectivity index (χ0) is 16.9. The molecule has 0 aliphatic heterocycles. The Bertz CT molecular complexity index is 811. The largest absolute Gasteiger partial charge is 0.387 e. The third-order valence-electron chi connectivity index (χ3n) is 4.32. The highest BCUT2D eigenvalue weighted by Crippen LogP contribution is 2.19. The van der Waals surface area contributed by atoms with Crippen molar-refractivity contribution in [2.45, 2.75) is 25.5 Å². The average molecular weight is 322 g/mol. The number of ketones is 1. The molecule has 0 saturated heterocycles. The van der Waals surface area contributed by atoms with E-state index < -0.39 is 6.10 Å². The van der Waals surface area contributed by atoms with E-state index in [9.17, 15) is 9.90 Å². The number of fused-ring (bicyclic) bond motifs is 1. The van der Waals surface area contributed by atoms with Gasteiger partial charge in [0.15, 0.2) is 5.78 Å². The van der Waals surface area contributed by atoms with E-state index in [0.717, 1.165) is 22.0 Å². The fraction of sp³-hybridized carbons (Fsp3) is 0.250. The summed E-state index contributed by atoms with van der Waals surface area (Å²) < 4.78 is 0. The van der Waals surface area contributed by atoms with E-state index in [2.05, 4.69) is 10.3 Å². The Kier molecular flexibility index (Phi) is 5.08. The van der Waals surface area contributed by atoms with Gasteiger partial charge in [-0.05, 0) is 18.6 Å². The van der Waals surface area contributed by atoms with Crippen LogP contribution in [0.4, 0.5) is 0 Å². The molecule has 24 heavy (non-hydrogen) atoms. The van der Waals surface area contributed by atoms with Crippen LogP contribution < -0.4 is 5.32 Å². The smallest absolute Gasteiger partial charge is 0.166 e. The molecule has 0 aliphatic rings. The molecule has 3 rings (SSSR count). The zero-order valence-corrected chi connectivity index (χ0v) is 13.7. The molecular weight excluding hydrogens is 300 g/mol. The molecule has 2 atom stereocenters. The Labute approximate surface area is 141 Å². The number of hydrogen-bond donors (Lipinski definition) is 3. The Hall–Kier alpha value is -2.43. The maximum atomic E-state index is 12.4. The molecule has 0 saturated carbocycles. The van der Waals surface area contributed by atoms with Crippen LogP contribution in [0.15, 0.2) is 60.8 Å². The molecule has 4 nitrogen and oxygen atoms in total. The highest BCUT2D eigenvalue weighted by Gasteiger charge is 2.16. The van der Waals surface area contributed by atoms with Crippen LogP contribution in [0.2, 0.25) is 0 Å². The number of carbonyl (C=O) groups excluding carboxylic acids is 1. The summed E-state index contributed by atoms with van der Waals surface area (Å²) in [6.45, 7) is 2.46. The molecule has 4 heteroatoms. The van der Waals surface area contributed by atoms with Crippen molar-refractivity contribution < 1.29 is 9.90 Å². The molecule has 1 heterocycles. The van der Waals surface area contributed by atoms with Crippen LogP contribution in [-0.2, 0) is 0 Å². The summed E-state index contributed by atoms with van der Waals surface area (Å²) in [5.74, 6) is 0.0985. The number of aromatic amines is 1. The lowest BCUT2D eigenvalue weighted by Gasteiger charge is -2.20. The number of benzene rings is 2. The SMILES string of the molecule is CC(NCCC(=O)c1c[nH]c2ccccc12)C(O)c1ccccc1. The van der Waals surface area contributed by atoms with E-state index >= 15 is 0 Å². The number of carbonyl (C=O) groups is 1. The van der Waals surface area contributed by atoms with E-state index in [1.165, 1.54) is 0 Å². The van der Waals surface area contributed by atoms with Gasteiger partial charge < -0.3 is 15.4 Å². The minimum absolute atomic E-state index is 0.0985. The van der Waals surface area contributed by atoms with Gasteiger partial charge in [-0.25, -0.2) is 0 Å². The fourth-order valence-corrected chi connectivity index (χ4v) is 2.90. The first-order valence-electron chi connectivity index (χ1n) is 8.22. The molecule has 0 fully saturated rings. The summed E-state index contributed by atoms with van der Waals surface area (Å²) in [6, 6.07) is 17.2. The van der Waals surface area contributed by atoms with Crippen molar-refractivity contribution in [2.24, 2.45) is 0 Å². The topological polar surface area (TPSA) is 65.1 Å². The van der Waals surface area contributed by atoms with Gasteiger partial charge in [0.25, 0.3) is 0 Å². The number of hydrogen-bond acceptors (Lipinski definition) is 3. The fourth-order valence-electron chi connectivity index (χ4n) is 2.90. The van der Waals surface area contributed by atoms with E-state index in [-0.39, 0.29) is 11.8 Å². The van der Waals surface area contributed by atoms with Gasteiger partial charge in [-0.2, -0.15) is 0 Å². The lowest BCUT2D eigenvalue weighted by molar-refractivity contribution is 0.0973. The zero-order valence-electron chi connectivity index (χ0n) is 13.7. The first kappa shape index (κ1) is 16.4. The second kappa shape index (κ2) is 7.43. The van der Waals surface area contributed by atoms with Crippen molar-refractivity contribution in [3.05, 3.63) is 71.9 Å². The summed E-state index contributed by atoms with van der Waals surface area (Å²) in [5.41, 5.74) is 2.57. The van der Waals surface area contributed by atoms with Gasteiger partial charge in [0.05, 0.1) is 6.10 Å². The Balaban J connectivity index is 1.55. The Morgan fingerprint density at radius 3 is 2.62 bits per heavy atom. The molecule has 3 aromatic rings. The van der Waals surface area contributed by atoms with Crippen LogP contribution in [0.3, 0.4) is 0 Å². The van der Waals surface area contributed by atoms with E-state index in [0.29, 0.717) is 13.0 Å². The predicted octanol–water partition coefficient (Wildman–Crippen LogP) is 3.45. The highest BCUT2D eigenvalue weighted by atomic mass is 16.3. The number of rotatable bonds is 7. The third-order valence-corrected chi connectivity index (χ3v) is 4.32. The minimum atomic E-state index is -0.589. The lowest BCUT2D eigenvalue weighted by atomic mass is 10.0. The van der Waals surface area contributed by atoms with Crippen LogP contribution in [0.1, 0.15) is 35.4 Å². The second-order valence-electron chi connectivity index (χ2n) is 6.02. The van der Waals surface area contributed by atoms with Crippen molar-refractivity contribution in [2.75, 3.05) is 6.54 Å². The molecule has 0 aliphatic carbocycles. The third kappa shape index (κ3) is 3.55. The maximum absolute atomic E-state index is 12.4. The van der Waals surface area contributed by atoms with E-state index in [1.807, 2.05) is 61.5 Å². The summed E-state index contributed by atoms with van der Waals surface area (Å²) >= 11 is 0. The number of H-pyrrole nitrogens is 1. The molecule has 0 amide bonds. The molecule has 2 aromatic carbocycles. The van der Waals surface area contributed by atoms with Gasteiger partial charge >= 0.3 is 0 Å². The lowest BCUT2D eigenvalue weighted by Crippen LogP contribution is -2.33. The van der Waals surface area contributed by atoms with Crippen molar-refractivity contribution in [1.29, 1.82) is 0 Å². The van der Waals surface area contributed by atoms with Crippen LogP contribution in [-0.4, -0.2) is 28.5 Å². The minimum Gasteiger partial charge on any atom is -0.387 e. The van der Waals surface area contributed by atoms with Crippen LogP contribution >= 0.6 is 0 Å². The Morgan fingerprint density at radius 2 is 1.83 bits per heavy atom. The number of aliphatic hydroxyl groups excluding tert-OH is 1. The normalized spacial score (nSPS) is 13.8. The molecule has 3 N–H and O–H groups in total. The molecular formula is C20H22N2O2. The Morgan fingerprint density at radius 1 is 1.12 bits per heavy atom. The van der Waals surface area contributed by atoms with Crippen LogP contribution in [0, 0.1) is 0 Å². The number of aromatic nitrogens is 1. The summed E-state index contributed by atoms with van der Waals surface area (Å²) in [5, 5.41) is 14.5. The van der Waals surface area contributed by atoms with Gasteiger partial charge in [-0.3, -0.25) is 4.79 Å². The monoisotopic (exact) mass is 322 g/mol. The van der Waals surface area contributed by atoms with Gasteiger partial charge in [0.2, 0.25) is 0 Å². The summed E-state index contributed by atoms with van der Waals surface area (Å²) in [4.78, 5) is 15.5. The summed E-state index contributed by atoms with van der Waals surface area (Å²) in [6.07, 6.45) is 1.58. The van der Waals surface area contributed by atoms with Crippen molar-refractivity contribution in [3.63, 3.8) is 0 Å². The van der Waals surface area contributed by atoms with E-state index in [1.54, 1.807) is 6.20 Å². The van der Waals surface area contributed by atoms with Crippen molar-refractivity contribution in [3.8, 4) is 0 Å². The maximum Gasteiger partial charge on any atom is 0.166 e. The van der Waals surface area contributed by atoms with Gasteiger partial charge in [0.1, 0.15) is 0 Å². The molecule has 1 aromatic heterocycles. The van der Waals surface area contributed by atoms with Gasteiger partial charge in [-0.15, -0.1) is 0 Å². The average Bonchev–Trinajstić information content (AvgIpc) is 3.06. The number of nitrogens with one attached hydrogen (secondary N) is 2. The molecule has 0 radical (unpaired) electrons. The second-order valence-corrected chi connectivity index (χ2v) is 6.02. The summed E-state index contributed by atoms with van der Waals surface area (Å²) in [7, 11) is 0.